The highest BCUT2D eigenvalue weighted by molar-refractivity contribution is 6.00. The van der Waals surface area contributed by atoms with Crippen molar-refractivity contribution in [3.8, 4) is 11.5 Å². The normalized spacial score (nSPS) is 10.1. The molecule has 0 aromatic heterocycles. The minimum atomic E-state index is -0.598. The summed E-state index contributed by atoms with van der Waals surface area (Å²) >= 11 is 0. The number of para-hydroxylation sites is 1. The van der Waals surface area contributed by atoms with Crippen molar-refractivity contribution < 1.29 is 23.9 Å². The predicted molar refractivity (Wildman–Crippen MR) is 108 cm³/mol. The van der Waals surface area contributed by atoms with Gasteiger partial charge in [-0.1, -0.05) is 18.2 Å². The van der Waals surface area contributed by atoms with E-state index in [1.54, 1.807) is 48.5 Å². The number of benzene rings is 3. The van der Waals surface area contributed by atoms with E-state index >= 15 is 0 Å². The molecule has 0 aliphatic rings. The number of ether oxygens (including phenoxy) is 2. The fourth-order valence-electron chi connectivity index (χ4n) is 2.52. The number of hydrogen-bond acceptors (Lipinski definition) is 5. The number of carbonyl (C=O) groups excluding carboxylic acids is 3. The molecule has 3 aromatic rings. The third-order valence-electron chi connectivity index (χ3n) is 3.93. The Bertz CT molecular complexity index is 996. The van der Waals surface area contributed by atoms with Crippen molar-refractivity contribution in [3.05, 3.63) is 90.0 Å². The first-order valence-electron chi connectivity index (χ1n) is 8.92. The van der Waals surface area contributed by atoms with Gasteiger partial charge in [0.25, 0.3) is 0 Å². The van der Waals surface area contributed by atoms with Crippen LogP contribution in [0.5, 0.6) is 11.5 Å². The molecule has 0 radical (unpaired) electrons. The fraction of sp³-hybridized carbons (Fsp3) is 0.0870. The fourth-order valence-corrected chi connectivity index (χ4v) is 2.52. The van der Waals surface area contributed by atoms with Crippen LogP contribution in [-0.4, -0.2) is 24.3 Å². The molecule has 0 heterocycles. The lowest BCUT2D eigenvalue weighted by Crippen LogP contribution is -2.14. The Morgan fingerprint density at radius 3 is 1.97 bits per heavy atom. The lowest BCUT2D eigenvalue weighted by molar-refractivity contribution is -0.114. The number of esters is 1. The summed E-state index contributed by atoms with van der Waals surface area (Å²) in [6, 6.07) is 22.1. The third kappa shape index (κ3) is 5.77. The summed E-state index contributed by atoms with van der Waals surface area (Å²) in [5.74, 6) is 0.149. The number of amides is 1. The van der Waals surface area contributed by atoms with Crippen LogP contribution in [0, 0.1) is 0 Å². The molecular weight excluding hydrogens is 370 g/mol. The summed E-state index contributed by atoms with van der Waals surface area (Å²) in [7, 11) is 0. The molecule has 3 aromatic carbocycles. The van der Waals surface area contributed by atoms with Crippen LogP contribution in [-0.2, 0) is 9.53 Å². The molecule has 1 N–H and O–H groups in total. The molecule has 0 spiro atoms. The van der Waals surface area contributed by atoms with Crippen molar-refractivity contribution >= 4 is 23.3 Å². The number of hydrogen-bond donors (Lipinski definition) is 1. The molecule has 1 amide bonds. The quantitative estimate of drug-likeness (QED) is 0.476. The Labute approximate surface area is 168 Å². The SMILES string of the molecule is CC(=O)Nc1ccc(C(=O)COC(=O)c2ccc(Oc3ccccc3)cc2)cc1. The highest BCUT2D eigenvalue weighted by Crippen LogP contribution is 2.21. The van der Waals surface area contributed by atoms with Gasteiger partial charge in [-0.15, -0.1) is 0 Å². The van der Waals surface area contributed by atoms with Crippen molar-refractivity contribution in [2.75, 3.05) is 11.9 Å². The number of anilines is 1. The Morgan fingerprint density at radius 1 is 0.759 bits per heavy atom. The molecule has 6 nitrogen and oxygen atoms in total. The van der Waals surface area contributed by atoms with E-state index < -0.39 is 5.97 Å². The second-order valence-electron chi connectivity index (χ2n) is 6.20. The van der Waals surface area contributed by atoms with Gasteiger partial charge < -0.3 is 14.8 Å². The number of rotatable bonds is 7. The van der Waals surface area contributed by atoms with Gasteiger partial charge in [0.1, 0.15) is 11.5 Å². The van der Waals surface area contributed by atoms with Gasteiger partial charge in [0.05, 0.1) is 5.56 Å². The molecule has 0 saturated heterocycles. The Hall–Kier alpha value is -3.93. The van der Waals surface area contributed by atoms with Crippen LogP contribution >= 0.6 is 0 Å². The van der Waals surface area contributed by atoms with Crippen LogP contribution < -0.4 is 10.1 Å². The van der Waals surface area contributed by atoms with E-state index in [-0.39, 0.29) is 18.3 Å². The molecule has 0 fully saturated rings. The van der Waals surface area contributed by atoms with Gasteiger partial charge in [0, 0.05) is 18.2 Å². The van der Waals surface area contributed by atoms with E-state index in [1.165, 1.54) is 6.92 Å². The number of Topliss-reactive ketones (excluding diaryl/α,β-unsaturated/α-hetero) is 1. The van der Waals surface area contributed by atoms with Crippen molar-refractivity contribution in [3.63, 3.8) is 0 Å². The Balaban J connectivity index is 1.53. The molecule has 0 aliphatic heterocycles. The molecule has 6 heteroatoms. The average molecular weight is 389 g/mol. The topological polar surface area (TPSA) is 81.7 Å². The van der Waals surface area contributed by atoms with Crippen molar-refractivity contribution in [1.82, 2.24) is 0 Å². The van der Waals surface area contributed by atoms with E-state index in [4.69, 9.17) is 9.47 Å². The van der Waals surface area contributed by atoms with Crippen LogP contribution in [0.25, 0.3) is 0 Å². The second-order valence-corrected chi connectivity index (χ2v) is 6.20. The standard InChI is InChI=1S/C23H19NO5/c1-16(25)24-19-11-7-17(8-12-19)22(26)15-28-23(27)18-9-13-21(14-10-18)29-20-5-3-2-4-6-20/h2-14H,15H2,1H3,(H,24,25). The number of carbonyl (C=O) groups is 3. The lowest BCUT2D eigenvalue weighted by atomic mass is 10.1. The van der Waals surface area contributed by atoms with E-state index in [0.29, 0.717) is 28.3 Å². The zero-order valence-electron chi connectivity index (χ0n) is 15.8. The van der Waals surface area contributed by atoms with Gasteiger partial charge in [-0.2, -0.15) is 0 Å². The summed E-state index contributed by atoms with van der Waals surface area (Å²) in [6.45, 7) is 1.03. The van der Waals surface area contributed by atoms with Gasteiger partial charge in [-0.05, 0) is 60.7 Å². The van der Waals surface area contributed by atoms with E-state index in [2.05, 4.69) is 5.32 Å². The van der Waals surface area contributed by atoms with Crippen molar-refractivity contribution in [2.24, 2.45) is 0 Å². The molecule has 146 valence electrons. The summed E-state index contributed by atoms with van der Waals surface area (Å²) in [4.78, 5) is 35.4. The highest BCUT2D eigenvalue weighted by atomic mass is 16.5. The molecule has 0 atom stereocenters. The maximum absolute atomic E-state index is 12.2. The summed E-state index contributed by atoms with van der Waals surface area (Å²) in [5.41, 5.74) is 1.29. The first kappa shape index (κ1) is 19.8. The summed E-state index contributed by atoms with van der Waals surface area (Å²) < 4.78 is 10.8. The van der Waals surface area contributed by atoms with Crippen LogP contribution in [0.1, 0.15) is 27.6 Å². The zero-order chi connectivity index (χ0) is 20.6. The first-order valence-corrected chi connectivity index (χ1v) is 8.92. The lowest BCUT2D eigenvalue weighted by Gasteiger charge is -2.08. The number of nitrogens with one attached hydrogen (secondary N) is 1. The first-order chi connectivity index (χ1) is 14.0. The largest absolute Gasteiger partial charge is 0.457 e. The van der Waals surface area contributed by atoms with E-state index in [0.717, 1.165) is 0 Å². The average Bonchev–Trinajstić information content (AvgIpc) is 2.73. The molecule has 0 bridgehead atoms. The second kappa shape index (κ2) is 9.32. The van der Waals surface area contributed by atoms with Crippen molar-refractivity contribution in [2.45, 2.75) is 6.92 Å². The smallest absolute Gasteiger partial charge is 0.338 e. The summed E-state index contributed by atoms with van der Waals surface area (Å²) in [5, 5.41) is 2.62. The van der Waals surface area contributed by atoms with Crippen molar-refractivity contribution in [1.29, 1.82) is 0 Å². The van der Waals surface area contributed by atoms with E-state index in [9.17, 15) is 14.4 Å². The molecular formula is C23H19NO5. The monoisotopic (exact) mass is 389 g/mol. The predicted octanol–water partition coefficient (Wildman–Crippen LogP) is 4.48. The third-order valence-corrected chi connectivity index (χ3v) is 3.93. The summed E-state index contributed by atoms with van der Waals surface area (Å²) in [6.07, 6.45) is 0. The van der Waals surface area contributed by atoms with Crippen LogP contribution in [0.3, 0.4) is 0 Å². The minimum Gasteiger partial charge on any atom is -0.457 e. The maximum Gasteiger partial charge on any atom is 0.338 e. The molecule has 0 aliphatic carbocycles. The number of ketones is 1. The van der Waals surface area contributed by atoms with Gasteiger partial charge in [0.15, 0.2) is 12.4 Å². The molecule has 3 rings (SSSR count). The minimum absolute atomic E-state index is 0.196. The Kier molecular flexibility index (Phi) is 6.37. The van der Waals surface area contributed by atoms with Gasteiger partial charge in [-0.25, -0.2) is 4.79 Å². The van der Waals surface area contributed by atoms with Crippen LogP contribution in [0.4, 0.5) is 5.69 Å². The molecule has 0 unspecified atom stereocenters. The zero-order valence-corrected chi connectivity index (χ0v) is 15.8. The Morgan fingerprint density at radius 2 is 1.34 bits per heavy atom. The van der Waals surface area contributed by atoms with E-state index in [1.807, 2.05) is 30.3 Å². The van der Waals surface area contributed by atoms with Gasteiger partial charge >= 0.3 is 5.97 Å². The van der Waals surface area contributed by atoms with Gasteiger partial charge in [0.2, 0.25) is 5.91 Å². The van der Waals surface area contributed by atoms with Crippen LogP contribution in [0.15, 0.2) is 78.9 Å². The molecule has 0 saturated carbocycles. The van der Waals surface area contributed by atoms with Crippen LogP contribution in [0.2, 0.25) is 0 Å². The highest BCUT2D eigenvalue weighted by Gasteiger charge is 2.12. The maximum atomic E-state index is 12.2. The molecule has 29 heavy (non-hydrogen) atoms. The van der Waals surface area contributed by atoms with Gasteiger partial charge in [-0.3, -0.25) is 9.59 Å².